The fourth-order valence-electron chi connectivity index (χ4n) is 4.16. The molecule has 200 valence electrons. The monoisotopic (exact) mass is 549 g/mol. The molecule has 0 aromatic carbocycles. The molecule has 10 nitrogen and oxygen atoms in total. The molecule has 1 aliphatic rings. The molecular weight excluding hydrogens is 515 g/mol. The van der Waals surface area contributed by atoms with Crippen LogP contribution in [0.3, 0.4) is 0 Å². The highest BCUT2D eigenvalue weighted by molar-refractivity contribution is 6.87. The Bertz CT molecular complexity index is 1440. The minimum Gasteiger partial charge on any atom is -0.480 e. The highest BCUT2D eigenvalue weighted by Gasteiger charge is 2.32. The number of methoxy groups -OCH3 is 1. The van der Waals surface area contributed by atoms with E-state index in [1.807, 2.05) is 6.07 Å². The van der Waals surface area contributed by atoms with Gasteiger partial charge in [0.15, 0.2) is 11.5 Å². The highest BCUT2D eigenvalue weighted by atomic mass is 28.3. The molecule has 2 radical (unpaired) electrons. The van der Waals surface area contributed by atoms with Crippen LogP contribution in [0.25, 0.3) is 33.8 Å². The van der Waals surface area contributed by atoms with Gasteiger partial charge < -0.3 is 14.0 Å². The molecule has 0 atom stereocenters. The van der Waals surface area contributed by atoms with Gasteiger partial charge in [-0.05, 0) is 23.9 Å². The summed E-state index contributed by atoms with van der Waals surface area (Å²) in [4.78, 5) is 18.6. The molecular formula is C26H35N7O3Si2. The topological polar surface area (TPSA) is 114 Å². The maximum atomic E-state index is 6.05. The quantitative estimate of drug-likeness (QED) is 0.205. The van der Waals surface area contributed by atoms with E-state index in [2.05, 4.69) is 55.5 Å². The lowest BCUT2D eigenvalue weighted by Crippen LogP contribution is -2.36. The molecule has 0 N–H and O–H groups in total. The summed E-state index contributed by atoms with van der Waals surface area (Å²) in [5.74, 6) is 1.37. The molecule has 1 aliphatic carbocycles. The summed E-state index contributed by atoms with van der Waals surface area (Å²) in [6, 6.07) is 3.00. The Balaban J connectivity index is 1.55. The van der Waals surface area contributed by atoms with Crippen molar-refractivity contribution in [2.45, 2.75) is 77.0 Å². The summed E-state index contributed by atoms with van der Waals surface area (Å²) in [6.07, 6.45) is 5.52. The van der Waals surface area contributed by atoms with Crippen molar-refractivity contribution in [2.24, 2.45) is 0 Å². The first-order valence-corrected chi connectivity index (χ1v) is 17.7. The van der Waals surface area contributed by atoms with E-state index >= 15 is 0 Å². The smallest absolute Gasteiger partial charge is 0.227 e. The predicted molar refractivity (Wildman–Crippen MR) is 150 cm³/mol. The zero-order valence-electron chi connectivity index (χ0n) is 23.2. The van der Waals surface area contributed by atoms with Gasteiger partial charge in [-0.3, -0.25) is 0 Å². The molecule has 0 saturated heterocycles. The van der Waals surface area contributed by atoms with Crippen LogP contribution in [-0.4, -0.2) is 66.2 Å². The fourth-order valence-corrected chi connectivity index (χ4v) is 6.05. The second kappa shape index (κ2) is 10.3. The number of rotatable bonds is 10. The van der Waals surface area contributed by atoms with Crippen LogP contribution in [0.5, 0.6) is 5.88 Å². The normalized spacial score (nSPS) is 14.4. The summed E-state index contributed by atoms with van der Waals surface area (Å²) < 4.78 is 19.1. The molecule has 12 heteroatoms. The van der Waals surface area contributed by atoms with E-state index in [0.29, 0.717) is 46.3 Å². The van der Waals surface area contributed by atoms with E-state index in [1.165, 1.54) is 0 Å². The van der Waals surface area contributed by atoms with Crippen LogP contribution in [0, 0.1) is 0 Å². The van der Waals surface area contributed by atoms with Crippen LogP contribution in [-0.2, 0) is 11.5 Å². The summed E-state index contributed by atoms with van der Waals surface area (Å²) in [5.41, 5.74) is 3.69. The highest BCUT2D eigenvalue weighted by Crippen LogP contribution is 2.45. The third kappa shape index (κ3) is 5.71. The molecule has 0 unspecified atom stereocenters. The van der Waals surface area contributed by atoms with E-state index in [0.717, 1.165) is 50.4 Å². The number of hydrogen-bond acceptors (Lipinski definition) is 9. The molecule has 0 aliphatic heterocycles. The van der Waals surface area contributed by atoms with Crippen molar-refractivity contribution < 1.29 is 14.0 Å². The molecule has 4 aromatic heterocycles. The van der Waals surface area contributed by atoms with Gasteiger partial charge in [-0.2, -0.15) is 5.10 Å². The average molecular weight is 550 g/mol. The lowest BCUT2D eigenvalue weighted by atomic mass is 10.1. The lowest BCUT2D eigenvalue weighted by molar-refractivity contribution is 0.0818. The third-order valence-electron chi connectivity index (χ3n) is 6.32. The third-order valence-corrected chi connectivity index (χ3v) is 9.55. The van der Waals surface area contributed by atoms with Gasteiger partial charge in [0.25, 0.3) is 0 Å². The predicted octanol–water partition coefficient (Wildman–Crippen LogP) is 4.68. The number of ether oxygens (including phenoxy) is 2. The van der Waals surface area contributed by atoms with Crippen molar-refractivity contribution in [2.75, 3.05) is 13.7 Å². The Morgan fingerprint density at radius 2 is 1.95 bits per heavy atom. The fraction of sp³-hybridized carbons (Fsp3) is 0.538. The Morgan fingerprint density at radius 1 is 1.16 bits per heavy atom. The summed E-state index contributed by atoms with van der Waals surface area (Å²) in [5, 5.41) is 11.2. The molecule has 0 amide bonds. The van der Waals surface area contributed by atoms with Gasteiger partial charge in [0, 0.05) is 34.3 Å². The van der Waals surface area contributed by atoms with Crippen molar-refractivity contribution in [1.82, 2.24) is 34.9 Å². The molecule has 0 spiro atoms. The first-order valence-electron chi connectivity index (χ1n) is 13.0. The molecule has 4 aromatic rings. The van der Waals surface area contributed by atoms with Gasteiger partial charge in [-0.15, -0.1) is 0 Å². The summed E-state index contributed by atoms with van der Waals surface area (Å²) in [6.45, 7) is 14.4. The first kappa shape index (κ1) is 26.6. The zero-order valence-corrected chi connectivity index (χ0v) is 25.2. The Kier molecular flexibility index (Phi) is 7.22. The molecule has 1 fully saturated rings. The van der Waals surface area contributed by atoms with Crippen LogP contribution < -0.4 is 10.1 Å². The Morgan fingerprint density at radius 3 is 2.61 bits per heavy atom. The summed E-state index contributed by atoms with van der Waals surface area (Å²) in [7, 11) is 0.757. The van der Waals surface area contributed by atoms with Gasteiger partial charge in [0.1, 0.15) is 43.5 Å². The second-order valence-corrected chi connectivity index (χ2v) is 19.1. The van der Waals surface area contributed by atoms with Gasteiger partial charge in [0.05, 0.1) is 18.2 Å². The number of nitrogens with zero attached hydrogens (tertiary/aromatic N) is 7. The van der Waals surface area contributed by atoms with E-state index in [9.17, 15) is 0 Å². The average Bonchev–Trinajstić information content (AvgIpc) is 3.47. The van der Waals surface area contributed by atoms with E-state index in [-0.39, 0.29) is 6.73 Å². The maximum absolute atomic E-state index is 6.05. The molecule has 0 bridgehead atoms. The van der Waals surface area contributed by atoms with Crippen molar-refractivity contribution in [3.8, 4) is 28.7 Å². The Hall–Kier alpha value is -2.97. The van der Waals surface area contributed by atoms with E-state index < -0.39 is 8.07 Å². The maximum Gasteiger partial charge on any atom is 0.227 e. The molecule has 38 heavy (non-hydrogen) atoms. The van der Waals surface area contributed by atoms with Gasteiger partial charge in [0.2, 0.25) is 5.88 Å². The largest absolute Gasteiger partial charge is 0.480 e. The minimum atomic E-state index is -1.67. The minimum absolute atomic E-state index is 0.276. The van der Waals surface area contributed by atoms with E-state index in [1.54, 1.807) is 24.3 Å². The van der Waals surface area contributed by atoms with Crippen molar-refractivity contribution in [3.63, 3.8) is 0 Å². The van der Waals surface area contributed by atoms with Gasteiger partial charge in [-0.25, -0.2) is 24.6 Å². The van der Waals surface area contributed by atoms with Crippen molar-refractivity contribution >= 4 is 34.0 Å². The van der Waals surface area contributed by atoms with Crippen molar-refractivity contribution in [3.05, 3.63) is 24.3 Å². The lowest BCUT2D eigenvalue weighted by Gasteiger charge is -2.16. The van der Waals surface area contributed by atoms with Crippen LogP contribution in [0.2, 0.25) is 30.7 Å². The van der Waals surface area contributed by atoms with Gasteiger partial charge >= 0.3 is 0 Å². The molecule has 5 rings (SSSR count). The first-order chi connectivity index (χ1) is 18.0. The van der Waals surface area contributed by atoms with Crippen LogP contribution in [0.4, 0.5) is 0 Å². The number of hydrogen-bond donors (Lipinski definition) is 0. The molecule has 4 heterocycles. The summed E-state index contributed by atoms with van der Waals surface area (Å²) >= 11 is 0. The number of aromatic nitrogens is 7. The van der Waals surface area contributed by atoms with Crippen LogP contribution in [0.15, 0.2) is 23.1 Å². The molecule has 1 saturated carbocycles. The standard InChI is InChI=1S/C26H35N7O3Si2/c1-26(2,3)37-11-10-35-15-33-24-17(22(31-33)18-12-19(36-32-18)38(5,6)7)13-27-23(30-24)20-21(16-8-9-16)28-14-29-25(20)34-4/h12-14,16H,8-11,15H2,1-7H3. The second-order valence-electron chi connectivity index (χ2n) is 11.7. The number of fused-ring (bicyclic) bond motifs is 1. The Labute approximate surface area is 226 Å². The van der Waals surface area contributed by atoms with E-state index in [4.69, 9.17) is 29.1 Å². The van der Waals surface area contributed by atoms with Crippen LogP contribution in [0.1, 0.15) is 45.2 Å². The SMILES string of the molecule is COc1ncnc(C2CC2)c1-c1ncc2c(-c3cc([Si](C)(C)C)on3)nn(COCC[Si]C(C)(C)C)c2n1. The van der Waals surface area contributed by atoms with Crippen LogP contribution >= 0.6 is 0 Å². The van der Waals surface area contributed by atoms with Gasteiger partial charge in [-0.1, -0.05) is 45.6 Å². The van der Waals surface area contributed by atoms with Crippen molar-refractivity contribution in [1.29, 1.82) is 0 Å². The zero-order chi connectivity index (χ0) is 27.1.